The van der Waals surface area contributed by atoms with Crippen molar-refractivity contribution in [2.24, 2.45) is 0 Å². The van der Waals surface area contributed by atoms with Gasteiger partial charge in [0.05, 0.1) is 32.9 Å². The van der Waals surface area contributed by atoms with Crippen molar-refractivity contribution in [1.29, 1.82) is 0 Å². The summed E-state index contributed by atoms with van der Waals surface area (Å²) in [6, 6.07) is 2.42. The van der Waals surface area contributed by atoms with E-state index in [1.54, 1.807) is 6.26 Å². The fourth-order valence-electron chi connectivity index (χ4n) is 2.94. The molecule has 6 nitrogen and oxygen atoms in total. The first-order valence-corrected chi connectivity index (χ1v) is 9.05. The van der Waals surface area contributed by atoms with Crippen LogP contribution in [0.2, 0.25) is 0 Å². The maximum Gasteiger partial charge on any atom is 0.341 e. The van der Waals surface area contributed by atoms with Crippen LogP contribution >= 0.6 is 11.8 Å². The molecule has 0 saturated heterocycles. The molecular formula is C18H14F3N3O3S. The number of carboxylic acid groups (broad SMARTS) is 1. The van der Waals surface area contributed by atoms with Crippen molar-refractivity contribution in [2.75, 3.05) is 24.4 Å². The van der Waals surface area contributed by atoms with Gasteiger partial charge in [-0.2, -0.15) is 0 Å². The molecule has 0 bridgehead atoms. The molecule has 0 aliphatic heterocycles. The lowest BCUT2D eigenvalue weighted by atomic mass is 10.1. The summed E-state index contributed by atoms with van der Waals surface area (Å²) in [7, 11) is 1.47. The van der Waals surface area contributed by atoms with Crippen LogP contribution in [0.5, 0.6) is 0 Å². The average molecular weight is 409 g/mol. The number of hydrogen-bond donors (Lipinski definition) is 3. The first-order valence-electron chi connectivity index (χ1n) is 7.83. The first-order chi connectivity index (χ1) is 13.2. The van der Waals surface area contributed by atoms with Gasteiger partial charge in [0.1, 0.15) is 23.0 Å². The summed E-state index contributed by atoms with van der Waals surface area (Å²) in [5.74, 6) is -4.36. The summed E-state index contributed by atoms with van der Waals surface area (Å²) in [6.07, 6.45) is 2.53. The lowest BCUT2D eigenvalue weighted by Gasteiger charge is -2.19. The van der Waals surface area contributed by atoms with Gasteiger partial charge in [-0.25, -0.2) is 18.0 Å². The number of aromatic carboxylic acids is 1. The zero-order valence-electron chi connectivity index (χ0n) is 14.6. The summed E-state index contributed by atoms with van der Waals surface area (Å²) < 4.78 is 43.7. The van der Waals surface area contributed by atoms with Gasteiger partial charge in [0.15, 0.2) is 0 Å². The number of thioether (sulfide) groups is 1. The highest BCUT2D eigenvalue weighted by Crippen LogP contribution is 2.36. The summed E-state index contributed by atoms with van der Waals surface area (Å²) in [4.78, 5) is 24.4. The maximum absolute atomic E-state index is 14.5. The van der Waals surface area contributed by atoms with E-state index >= 15 is 0 Å². The predicted molar refractivity (Wildman–Crippen MR) is 102 cm³/mol. The lowest BCUT2D eigenvalue weighted by molar-refractivity contribution is 0.0695. The maximum atomic E-state index is 14.5. The number of nitrogens with one attached hydrogen (secondary N) is 1. The Labute approximate surface area is 160 Å². The molecule has 0 amide bonds. The molecule has 1 aromatic heterocycles. The molecule has 4 N–H and O–H groups in total. The van der Waals surface area contributed by atoms with Crippen molar-refractivity contribution in [3.05, 3.63) is 57.6 Å². The van der Waals surface area contributed by atoms with E-state index in [9.17, 15) is 27.9 Å². The lowest BCUT2D eigenvalue weighted by Crippen LogP contribution is -2.20. The van der Waals surface area contributed by atoms with Gasteiger partial charge in [0.2, 0.25) is 5.43 Å². The molecule has 3 rings (SSSR count). The molecule has 0 aliphatic carbocycles. The predicted octanol–water partition coefficient (Wildman–Crippen LogP) is 3.45. The topological polar surface area (TPSA) is 97.4 Å². The van der Waals surface area contributed by atoms with E-state index in [1.165, 1.54) is 7.05 Å². The minimum absolute atomic E-state index is 0.0479. The van der Waals surface area contributed by atoms with Gasteiger partial charge in [-0.3, -0.25) is 4.79 Å². The molecule has 0 saturated carbocycles. The zero-order valence-corrected chi connectivity index (χ0v) is 15.5. The van der Waals surface area contributed by atoms with Crippen LogP contribution < -0.4 is 16.5 Å². The van der Waals surface area contributed by atoms with Crippen molar-refractivity contribution in [1.82, 2.24) is 4.57 Å². The van der Waals surface area contributed by atoms with Crippen LogP contribution in [0.25, 0.3) is 16.6 Å². The molecule has 1 heterocycles. The molecular weight excluding hydrogens is 395 g/mol. The number of fused-ring (bicyclic) bond motifs is 1. The highest BCUT2D eigenvalue weighted by Gasteiger charge is 2.23. The van der Waals surface area contributed by atoms with Gasteiger partial charge in [-0.15, -0.1) is 11.8 Å². The van der Waals surface area contributed by atoms with Crippen LogP contribution in [0.3, 0.4) is 0 Å². The van der Waals surface area contributed by atoms with Crippen LogP contribution in [-0.4, -0.2) is 28.9 Å². The SMILES string of the molecule is CNc1c(F)cc2c(=O)c(C(=O)O)cn(-c3cc(N)c(F)cc3F)c2c1SC. The third-order valence-corrected chi connectivity index (χ3v) is 5.01. The smallest absolute Gasteiger partial charge is 0.341 e. The number of benzene rings is 2. The van der Waals surface area contributed by atoms with Crippen molar-refractivity contribution < 1.29 is 23.1 Å². The molecule has 146 valence electrons. The Kier molecular flexibility index (Phi) is 4.99. The number of rotatable bonds is 4. The Morgan fingerprint density at radius 2 is 1.86 bits per heavy atom. The fraction of sp³-hybridized carbons (Fsp3) is 0.111. The minimum atomic E-state index is -1.57. The standard InChI is InChI=1S/C18H14F3N3O3S/c1-23-14-11(21)3-7-15(17(14)28-2)24(6-8(16(7)25)18(26)27)13-5-12(22)9(19)4-10(13)20/h3-6,23H,22H2,1-2H3,(H,26,27). The van der Waals surface area contributed by atoms with E-state index in [2.05, 4.69) is 5.32 Å². The second-order valence-corrected chi connectivity index (χ2v) is 6.60. The highest BCUT2D eigenvalue weighted by atomic mass is 32.2. The molecule has 10 heteroatoms. The summed E-state index contributed by atoms with van der Waals surface area (Å²) in [5.41, 5.74) is 3.38. The van der Waals surface area contributed by atoms with Crippen LogP contribution in [0, 0.1) is 17.5 Å². The fourth-order valence-corrected chi connectivity index (χ4v) is 3.74. The molecule has 0 unspecified atom stereocenters. The van der Waals surface area contributed by atoms with Gasteiger partial charge >= 0.3 is 5.97 Å². The van der Waals surface area contributed by atoms with Gasteiger partial charge in [-0.05, 0) is 18.4 Å². The van der Waals surface area contributed by atoms with Crippen molar-refractivity contribution in [2.45, 2.75) is 4.90 Å². The van der Waals surface area contributed by atoms with E-state index in [4.69, 9.17) is 5.73 Å². The Hall–Kier alpha value is -3.14. The van der Waals surface area contributed by atoms with Crippen LogP contribution in [0.1, 0.15) is 10.4 Å². The number of aromatic nitrogens is 1. The second kappa shape index (κ2) is 7.12. The molecule has 0 atom stereocenters. The minimum Gasteiger partial charge on any atom is -0.477 e. The molecule has 3 aromatic rings. The largest absolute Gasteiger partial charge is 0.477 e. The third-order valence-electron chi connectivity index (χ3n) is 4.21. The van der Waals surface area contributed by atoms with Gasteiger partial charge in [-0.1, -0.05) is 0 Å². The number of pyridine rings is 1. The van der Waals surface area contributed by atoms with Gasteiger partial charge in [0.25, 0.3) is 0 Å². The second-order valence-electron chi connectivity index (χ2n) is 5.78. The van der Waals surface area contributed by atoms with E-state index in [-0.39, 0.29) is 32.9 Å². The van der Waals surface area contributed by atoms with E-state index < -0.39 is 34.4 Å². The quantitative estimate of drug-likeness (QED) is 0.451. The Bertz CT molecular complexity index is 1190. The van der Waals surface area contributed by atoms with Crippen LogP contribution in [0.15, 0.2) is 34.1 Å². The summed E-state index contributed by atoms with van der Waals surface area (Å²) >= 11 is 1.07. The van der Waals surface area contributed by atoms with E-state index in [1.807, 2.05) is 0 Å². The normalized spacial score (nSPS) is 11.0. The van der Waals surface area contributed by atoms with E-state index in [0.717, 1.165) is 34.7 Å². The first kappa shape index (κ1) is 19.6. The molecule has 0 spiro atoms. The number of carbonyl (C=O) groups is 1. The number of nitrogens with two attached hydrogens (primary N) is 1. The average Bonchev–Trinajstić information content (AvgIpc) is 2.64. The van der Waals surface area contributed by atoms with Crippen LogP contribution in [-0.2, 0) is 0 Å². The van der Waals surface area contributed by atoms with E-state index in [0.29, 0.717) is 6.07 Å². The summed E-state index contributed by atoms with van der Waals surface area (Å²) in [5, 5.41) is 11.8. The van der Waals surface area contributed by atoms with Crippen molar-refractivity contribution in [3.8, 4) is 5.69 Å². The van der Waals surface area contributed by atoms with Gasteiger partial charge in [0, 0.05) is 19.3 Å². The Morgan fingerprint density at radius 3 is 2.43 bits per heavy atom. The summed E-state index contributed by atoms with van der Waals surface area (Å²) in [6.45, 7) is 0. The van der Waals surface area contributed by atoms with Gasteiger partial charge < -0.3 is 20.7 Å². The monoisotopic (exact) mass is 409 g/mol. The Morgan fingerprint density at radius 1 is 1.18 bits per heavy atom. The third kappa shape index (κ3) is 2.95. The number of anilines is 2. The number of nitrogens with zero attached hydrogens (tertiary/aromatic N) is 1. The number of nitrogen functional groups attached to an aromatic ring is 1. The number of carboxylic acids is 1. The number of halogens is 3. The Balaban J connectivity index is 2.62. The highest BCUT2D eigenvalue weighted by molar-refractivity contribution is 7.99. The number of hydrogen-bond acceptors (Lipinski definition) is 5. The molecule has 0 aliphatic rings. The molecule has 2 aromatic carbocycles. The molecule has 0 radical (unpaired) electrons. The molecule has 28 heavy (non-hydrogen) atoms. The van der Waals surface area contributed by atoms with Crippen molar-refractivity contribution >= 4 is 40.0 Å². The van der Waals surface area contributed by atoms with Crippen molar-refractivity contribution in [3.63, 3.8) is 0 Å². The molecule has 0 fully saturated rings. The zero-order chi connectivity index (χ0) is 20.7. The van der Waals surface area contributed by atoms with Crippen LogP contribution in [0.4, 0.5) is 24.5 Å².